The molecule has 1 aromatic carbocycles. The summed E-state index contributed by atoms with van der Waals surface area (Å²) in [5.41, 5.74) is 0.138. The van der Waals surface area contributed by atoms with Crippen molar-refractivity contribution in [3.8, 4) is 5.75 Å². The van der Waals surface area contributed by atoms with Gasteiger partial charge >= 0.3 is 6.09 Å². The molecule has 1 amide bonds. The molecule has 0 fully saturated rings. The maximum absolute atomic E-state index is 13.2. The Morgan fingerprint density at radius 1 is 1.63 bits per heavy atom. The summed E-state index contributed by atoms with van der Waals surface area (Å²) in [6.45, 7) is 1.77. The number of ketones is 1. The zero-order chi connectivity index (χ0) is 14.0. The SMILES string of the molecule is CCOC(=O)N[C@@H]1COc2cc(F)c(Cl)cc2C1=O. The van der Waals surface area contributed by atoms with E-state index >= 15 is 0 Å². The lowest BCUT2D eigenvalue weighted by Crippen LogP contribution is -2.47. The first-order chi connectivity index (χ1) is 9.02. The highest BCUT2D eigenvalue weighted by molar-refractivity contribution is 6.31. The van der Waals surface area contributed by atoms with Crippen LogP contribution in [0, 0.1) is 5.82 Å². The number of Topliss-reactive ketones (excluding diaryl/α,β-unsaturated/α-hetero) is 1. The number of amides is 1. The Bertz CT molecular complexity index is 535. The predicted octanol–water partition coefficient (Wildman–Crippen LogP) is 2.17. The Kier molecular flexibility index (Phi) is 3.90. The van der Waals surface area contributed by atoms with Crippen LogP contribution in [0.4, 0.5) is 9.18 Å². The van der Waals surface area contributed by atoms with Crippen molar-refractivity contribution >= 4 is 23.5 Å². The van der Waals surface area contributed by atoms with Gasteiger partial charge in [-0.25, -0.2) is 9.18 Å². The van der Waals surface area contributed by atoms with Crippen molar-refractivity contribution in [3.05, 3.63) is 28.5 Å². The topological polar surface area (TPSA) is 64.6 Å². The van der Waals surface area contributed by atoms with Gasteiger partial charge in [0.2, 0.25) is 0 Å². The number of hydrogen-bond acceptors (Lipinski definition) is 4. The summed E-state index contributed by atoms with van der Waals surface area (Å²) in [5.74, 6) is -0.935. The van der Waals surface area contributed by atoms with Crippen LogP contribution in [0.2, 0.25) is 5.02 Å². The van der Waals surface area contributed by atoms with Gasteiger partial charge in [-0.3, -0.25) is 4.79 Å². The fourth-order valence-corrected chi connectivity index (χ4v) is 1.86. The van der Waals surface area contributed by atoms with Crippen molar-refractivity contribution < 1.29 is 23.5 Å². The van der Waals surface area contributed by atoms with Crippen molar-refractivity contribution in [2.75, 3.05) is 13.2 Å². The zero-order valence-corrected chi connectivity index (χ0v) is 10.8. The largest absolute Gasteiger partial charge is 0.490 e. The summed E-state index contributed by atoms with van der Waals surface area (Å²) in [6, 6.07) is 1.37. The monoisotopic (exact) mass is 287 g/mol. The normalized spacial score (nSPS) is 17.4. The molecule has 0 radical (unpaired) electrons. The first-order valence-corrected chi connectivity index (χ1v) is 6.00. The second-order valence-electron chi connectivity index (χ2n) is 3.86. The number of benzene rings is 1. The fraction of sp³-hybridized carbons (Fsp3) is 0.333. The molecule has 0 aromatic heterocycles. The second-order valence-corrected chi connectivity index (χ2v) is 4.26. The summed E-state index contributed by atoms with van der Waals surface area (Å²) >= 11 is 5.62. The van der Waals surface area contributed by atoms with E-state index in [1.807, 2.05) is 0 Å². The molecule has 0 unspecified atom stereocenters. The van der Waals surface area contributed by atoms with E-state index in [0.29, 0.717) is 0 Å². The van der Waals surface area contributed by atoms with Crippen LogP contribution in [0.1, 0.15) is 17.3 Å². The molecule has 0 spiro atoms. The summed E-state index contributed by atoms with van der Waals surface area (Å²) < 4.78 is 23.1. The Hall–Kier alpha value is -1.82. The third kappa shape index (κ3) is 2.78. The molecule has 5 nitrogen and oxygen atoms in total. The van der Waals surface area contributed by atoms with Crippen molar-refractivity contribution in [2.24, 2.45) is 0 Å². The summed E-state index contributed by atoms with van der Waals surface area (Å²) in [6.07, 6.45) is -0.707. The van der Waals surface area contributed by atoms with E-state index in [0.717, 1.165) is 6.07 Å². The van der Waals surface area contributed by atoms with Crippen LogP contribution in [0.3, 0.4) is 0 Å². The van der Waals surface area contributed by atoms with Gasteiger partial charge < -0.3 is 14.8 Å². The number of carbonyl (C=O) groups excluding carboxylic acids is 2. The first kappa shape index (κ1) is 13.6. The molecule has 7 heteroatoms. The molecule has 0 aliphatic carbocycles. The molecule has 1 atom stereocenters. The van der Waals surface area contributed by atoms with Crippen molar-refractivity contribution in [2.45, 2.75) is 13.0 Å². The Labute approximate surface area is 113 Å². The van der Waals surface area contributed by atoms with Gasteiger partial charge in [0.25, 0.3) is 0 Å². The van der Waals surface area contributed by atoms with Crippen LogP contribution < -0.4 is 10.1 Å². The standard InChI is InChI=1S/C12H11ClFNO4/c1-2-18-12(17)15-9-5-19-10-4-8(14)7(13)3-6(10)11(9)16/h3-4,9H,2,5H2,1H3,(H,15,17)/t9-/m1/s1. The highest BCUT2D eigenvalue weighted by atomic mass is 35.5. The minimum Gasteiger partial charge on any atom is -0.490 e. The number of rotatable bonds is 2. The lowest BCUT2D eigenvalue weighted by molar-refractivity contribution is 0.0846. The molecular formula is C12H11ClFNO4. The summed E-state index contributed by atoms with van der Waals surface area (Å²) in [5, 5.41) is 2.20. The van der Waals surface area contributed by atoms with Gasteiger partial charge in [0.15, 0.2) is 5.78 Å². The van der Waals surface area contributed by atoms with Crippen LogP contribution in [-0.4, -0.2) is 31.1 Å². The molecule has 1 N–H and O–H groups in total. The molecule has 0 saturated carbocycles. The van der Waals surface area contributed by atoms with E-state index in [2.05, 4.69) is 10.1 Å². The van der Waals surface area contributed by atoms with Gasteiger partial charge in [-0.05, 0) is 13.0 Å². The molecule has 1 aliphatic rings. The molecule has 1 aliphatic heterocycles. The van der Waals surface area contributed by atoms with Gasteiger partial charge in [0, 0.05) is 6.07 Å². The van der Waals surface area contributed by atoms with Crippen LogP contribution in [0.25, 0.3) is 0 Å². The molecule has 0 bridgehead atoms. The molecule has 1 aromatic rings. The molecule has 2 rings (SSSR count). The smallest absolute Gasteiger partial charge is 0.407 e. The minimum absolute atomic E-state index is 0.0777. The average Bonchev–Trinajstić information content (AvgIpc) is 2.36. The second kappa shape index (κ2) is 5.44. The van der Waals surface area contributed by atoms with E-state index in [1.54, 1.807) is 6.92 Å². The number of carbonyl (C=O) groups is 2. The van der Waals surface area contributed by atoms with Gasteiger partial charge in [-0.2, -0.15) is 0 Å². The maximum atomic E-state index is 13.2. The minimum atomic E-state index is -0.868. The van der Waals surface area contributed by atoms with Gasteiger partial charge in [-0.15, -0.1) is 0 Å². The van der Waals surface area contributed by atoms with Crippen LogP contribution in [0.5, 0.6) is 5.75 Å². The van der Waals surface area contributed by atoms with Crippen molar-refractivity contribution in [1.29, 1.82) is 0 Å². The van der Waals surface area contributed by atoms with Crippen LogP contribution in [-0.2, 0) is 4.74 Å². The van der Waals surface area contributed by atoms with Gasteiger partial charge in [-0.1, -0.05) is 11.6 Å². The highest BCUT2D eigenvalue weighted by Gasteiger charge is 2.31. The zero-order valence-electron chi connectivity index (χ0n) is 10.0. The van der Waals surface area contributed by atoms with E-state index in [4.69, 9.17) is 16.3 Å². The van der Waals surface area contributed by atoms with Crippen LogP contribution >= 0.6 is 11.6 Å². The Morgan fingerprint density at radius 2 is 2.37 bits per heavy atom. The average molecular weight is 288 g/mol. The Balaban J connectivity index is 2.20. The predicted molar refractivity (Wildman–Crippen MR) is 65.2 cm³/mol. The maximum Gasteiger partial charge on any atom is 0.407 e. The van der Waals surface area contributed by atoms with Gasteiger partial charge in [0.05, 0.1) is 17.2 Å². The lowest BCUT2D eigenvalue weighted by Gasteiger charge is -2.24. The van der Waals surface area contributed by atoms with E-state index < -0.39 is 23.7 Å². The third-order valence-corrected chi connectivity index (χ3v) is 2.87. The number of ether oxygens (including phenoxy) is 2. The summed E-state index contributed by atoms with van der Waals surface area (Å²) in [7, 11) is 0. The fourth-order valence-electron chi connectivity index (χ4n) is 1.70. The van der Waals surface area contributed by atoms with Crippen molar-refractivity contribution in [3.63, 3.8) is 0 Å². The lowest BCUT2D eigenvalue weighted by atomic mass is 10.0. The molecular weight excluding hydrogens is 277 g/mol. The highest BCUT2D eigenvalue weighted by Crippen LogP contribution is 2.30. The number of fused-ring (bicyclic) bond motifs is 1. The van der Waals surface area contributed by atoms with Gasteiger partial charge in [0.1, 0.15) is 24.2 Å². The molecule has 19 heavy (non-hydrogen) atoms. The van der Waals surface area contributed by atoms with Crippen LogP contribution in [0.15, 0.2) is 12.1 Å². The number of alkyl carbamates (subject to hydrolysis) is 1. The number of nitrogens with one attached hydrogen (secondary N) is 1. The number of hydrogen-bond donors (Lipinski definition) is 1. The molecule has 0 saturated heterocycles. The molecule has 102 valence electrons. The van der Waals surface area contributed by atoms with E-state index in [-0.39, 0.29) is 29.5 Å². The van der Waals surface area contributed by atoms with Crippen molar-refractivity contribution in [1.82, 2.24) is 5.32 Å². The Morgan fingerprint density at radius 3 is 3.05 bits per heavy atom. The molecule has 1 heterocycles. The number of halogens is 2. The first-order valence-electron chi connectivity index (χ1n) is 5.62. The third-order valence-electron chi connectivity index (χ3n) is 2.58. The van der Waals surface area contributed by atoms with E-state index in [9.17, 15) is 14.0 Å². The quantitative estimate of drug-likeness (QED) is 0.905. The van der Waals surface area contributed by atoms with E-state index in [1.165, 1.54) is 6.07 Å². The summed E-state index contributed by atoms with van der Waals surface area (Å²) in [4.78, 5) is 23.4.